The highest BCUT2D eigenvalue weighted by atomic mass is 16.5. The van der Waals surface area contributed by atoms with Crippen LogP contribution in [-0.4, -0.2) is 46.7 Å². The van der Waals surface area contributed by atoms with Gasteiger partial charge in [-0.05, 0) is 36.8 Å². The molecule has 2 aromatic heterocycles. The van der Waals surface area contributed by atoms with Crippen LogP contribution in [0, 0.1) is 0 Å². The number of H-pyrrole nitrogens is 1. The lowest BCUT2D eigenvalue weighted by atomic mass is 10.2. The number of methoxy groups -OCH3 is 1. The van der Waals surface area contributed by atoms with Gasteiger partial charge in [0.25, 0.3) is 17.4 Å². The zero-order chi connectivity index (χ0) is 23.4. The van der Waals surface area contributed by atoms with Crippen LogP contribution < -0.4 is 25.7 Å². The second kappa shape index (κ2) is 9.43. The fraction of sp³-hybridized carbons (Fsp3) is 0.217. The Morgan fingerprint density at radius 1 is 1.12 bits per heavy atom. The first-order valence-corrected chi connectivity index (χ1v) is 10.3. The van der Waals surface area contributed by atoms with Crippen LogP contribution in [0.4, 0.5) is 0 Å². The molecule has 0 saturated heterocycles. The lowest BCUT2D eigenvalue weighted by Gasteiger charge is -2.12. The molecular weight excluding hydrogens is 426 g/mol. The SMILES string of the molecule is CCNC(=O)COc1ccc(CNC(=O)c2cnn3c2[nH]c(=O)c2ccccc23)cc1OC. The molecule has 10 nitrogen and oxygen atoms in total. The standard InChI is InChI=1S/C23H23N5O5/c1-3-24-20(29)13-33-18-9-8-14(10-19(18)32-2)11-25-22(30)16-12-26-28-17-7-5-4-6-15(17)23(31)27-21(16)28/h4-10,12H,3,11,13H2,1-2H3,(H,24,29)(H,25,30)(H,27,31). The number of carbonyl (C=O) groups excluding carboxylic acids is 2. The molecule has 0 aliphatic rings. The summed E-state index contributed by atoms with van der Waals surface area (Å²) in [7, 11) is 1.50. The van der Waals surface area contributed by atoms with E-state index < -0.39 is 0 Å². The number of rotatable bonds is 8. The highest BCUT2D eigenvalue weighted by Gasteiger charge is 2.16. The zero-order valence-corrected chi connectivity index (χ0v) is 18.2. The monoisotopic (exact) mass is 449 g/mol. The third kappa shape index (κ3) is 4.49. The molecule has 0 unspecified atom stereocenters. The van der Waals surface area contributed by atoms with Gasteiger partial charge in [-0.25, -0.2) is 4.52 Å². The lowest BCUT2D eigenvalue weighted by molar-refractivity contribution is -0.123. The van der Waals surface area contributed by atoms with E-state index in [1.54, 1.807) is 42.5 Å². The molecule has 4 rings (SSSR count). The molecule has 0 atom stereocenters. The van der Waals surface area contributed by atoms with Crippen molar-refractivity contribution in [2.45, 2.75) is 13.5 Å². The summed E-state index contributed by atoms with van der Waals surface area (Å²) < 4.78 is 12.4. The fourth-order valence-corrected chi connectivity index (χ4v) is 3.45. The van der Waals surface area contributed by atoms with Crippen LogP contribution in [0.2, 0.25) is 0 Å². The average molecular weight is 449 g/mol. The van der Waals surface area contributed by atoms with Crippen molar-refractivity contribution in [3.8, 4) is 11.5 Å². The van der Waals surface area contributed by atoms with E-state index >= 15 is 0 Å². The Morgan fingerprint density at radius 2 is 1.94 bits per heavy atom. The van der Waals surface area contributed by atoms with Crippen LogP contribution in [0.25, 0.3) is 16.6 Å². The van der Waals surface area contributed by atoms with E-state index in [9.17, 15) is 14.4 Å². The van der Waals surface area contributed by atoms with Crippen LogP contribution in [-0.2, 0) is 11.3 Å². The minimum atomic E-state index is -0.383. The average Bonchev–Trinajstić information content (AvgIpc) is 3.26. The van der Waals surface area contributed by atoms with Crippen LogP contribution in [0.5, 0.6) is 11.5 Å². The van der Waals surface area contributed by atoms with Crippen LogP contribution in [0.15, 0.2) is 53.5 Å². The molecule has 3 N–H and O–H groups in total. The number of likely N-dealkylation sites (N-methyl/N-ethyl adjacent to an activating group) is 1. The van der Waals surface area contributed by atoms with E-state index in [4.69, 9.17) is 9.47 Å². The minimum absolute atomic E-state index is 0.123. The summed E-state index contributed by atoms with van der Waals surface area (Å²) in [5, 5.41) is 10.2. The number of nitrogens with one attached hydrogen (secondary N) is 3. The first kappa shape index (κ1) is 21.9. The lowest BCUT2D eigenvalue weighted by Crippen LogP contribution is -2.28. The third-order valence-corrected chi connectivity index (χ3v) is 5.04. The van der Waals surface area contributed by atoms with Crippen molar-refractivity contribution in [3.63, 3.8) is 0 Å². The summed E-state index contributed by atoms with van der Waals surface area (Å²) in [5.41, 5.74) is 1.67. The number of aromatic amines is 1. The van der Waals surface area contributed by atoms with Crippen LogP contribution >= 0.6 is 0 Å². The molecule has 0 saturated carbocycles. The normalized spacial score (nSPS) is 10.8. The number of benzene rings is 2. The molecule has 2 aromatic carbocycles. The van der Waals surface area contributed by atoms with Crippen molar-refractivity contribution in [2.24, 2.45) is 0 Å². The molecule has 33 heavy (non-hydrogen) atoms. The molecule has 2 heterocycles. The first-order valence-electron chi connectivity index (χ1n) is 10.3. The molecule has 0 aliphatic carbocycles. The van der Waals surface area contributed by atoms with E-state index in [1.165, 1.54) is 17.8 Å². The summed E-state index contributed by atoms with van der Waals surface area (Å²) in [5.74, 6) is 0.255. The predicted octanol–water partition coefficient (Wildman–Crippen LogP) is 1.63. The van der Waals surface area contributed by atoms with E-state index in [0.29, 0.717) is 34.6 Å². The molecule has 170 valence electrons. The quantitative estimate of drug-likeness (QED) is 0.375. The van der Waals surface area contributed by atoms with Crippen LogP contribution in [0.1, 0.15) is 22.8 Å². The van der Waals surface area contributed by atoms with Crippen LogP contribution in [0.3, 0.4) is 0 Å². The maximum atomic E-state index is 12.8. The number of ether oxygens (including phenoxy) is 2. The summed E-state index contributed by atoms with van der Waals surface area (Å²) >= 11 is 0. The van der Waals surface area contributed by atoms with Gasteiger partial charge in [0.05, 0.1) is 24.2 Å². The summed E-state index contributed by atoms with van der Waals surface area (Å²) in [6.45, 7) is 2.44. The number of nitrogens with zero attached hydrogens (tertiary/aromatic N) is 2. The van der Waals surface area contributed by atoms with Gasteiger partial charge in [-0.3, -0.25) is 14.4 Å². The van der Waals surface area contributed by atoms with E-state index in [-0.39, 0.29) is 36.1 Å². The predicted molar refractivity (Wildman–Crippen MR) is 122 cm³/mol. The number of carbonyl (C=O) groups is 2. The van der Waals surface area contributed by atoms with Gasteiger partial charge in [0, 0.05) is 13.1 Å². The maximum absolute atomic E-state index is 12.8. The topological polar surface area (TPSA) is 127 Å². The maximum Gasteiger partial charge on any atom is 0.259 e. The smallest absolute Gasteiger partial charge is 0.259 e. The molecule has 0 spiro atoms. The number of hydrogen-bond donors (Lipinski definition) is 3. The van der Waals surface area contributed by atoms with Gasteiger partial charge in [-0.15, -0.1) is 0 Å². The number of para-hydroxylation sites is 1. The first-order chi connectivity index (χ1) is 16.0. The number of hydrogen-bond acceptors (Lipinski definition) is 6. The van der Waals surface area contributed by atoms with E-state index in [2.05, 4.69) is 20.7 Å². The second-order valence-corrected chi connectivity index (χ2v) is 7.20. The van der Waals surface area contributed by atoms with Gasteiger partial charge < -0.3 is 25.1 Å². The number of amides is 2. The molecule has 4 aromatic rings. The molecule has 10 heteroatoms. The van der Waals surface area contributed by atoms with Crippen molar-refractivity contribution < 1.29 is 19.1 Å². The van der Waals surface area contributed by atoms with Gasteiger partial charge in [0.15, 0.2) is 18.1 Å². The molecule has 0 aliphatic heterocycles. The Kier molecular flexibility index (Phi) is 6.25. The summed E-state index contributed by atoms with van der Waals surface area (Å²) in [6.07, 6.45) is 1.42. The van der Waals surface area contributed by atoms with Gasteiger partial charge in [0.1, 0.15) is 11.2 Å². The second-order valence-electron chi connectivity index (χ2n) is 7.20. The van der Waals surface area contributed by atoms with Gasteiger partial charge >= 0.3 is 0 Å². The highest BCUT2D eigenvalue weighted by molar-refractivity contribution is 6.00. The van der Waals surface area contributed by atoms with E-state index in [0.717, 1.165) is 5.56 Å². The summed E-state index contributed by atoms with van der Waals surface area (Å²) in [4.78, 5) is 39.6. The fourth-order valence-electron chi connectivity index (χ4n) is 3.45. The zero-order valence-electron chi connectivity index (χ0n) is 18.2. The molecular formula is C23H23N5O5. The van der Waals surface area contributed by atoms with Crippen molar-refractivity contribution in [1.29, 1.82) is 0 Å². The largest absolute Gasteiger partial charge is 0.493 e. The number of fused-ring (bicyclic) bond motifs is 3. The molecule has 0 bridgehead atoms. The molecule has 2 amide bonds. The number of aromatic nitrogens is 3. The Hall–Kier alpha value is -4.34. The van der Waals surface area contributed by atoms with Crippen molar-refractivity contribution in [1.82, 2.24) is 25.2 Å². The molecule has 0 radical (unpaired) electrons. The van der Waals surface area contributed by atoms with Gasteiger partial charge in [0.2, 0.25) is 0 Å². The van der Waals surface area contributed by atoms with Gasteiger partial charge in [-0.1, -0.05) is 18.2 Å². The molecule has 0 fully saturated rings. The highest BCUT2D eigenvalue weighted by Crippen LogP contribution is 2.28. The van der Waals surface area contributed by atoms with Crippen molar-refractivity contribution >= 4 is 28.4 Å². The summed E-state index contributed by atoms with van der Waals surface area (Å²) in [6, 6.07) is 12.2. The Balaban J connectivity index is 1.49. The Bertz CT molecular complexity index is 1390. The minimum Gasteiger partial charge on any atom is -0.493 e. The third-order valence-electron chi connectivity index (χ3n) is 5.04. The Morgan fingerprint density at radius 3 is 2.73 bits per heavy atom. The Labute approximate surface area is 188 Å². The van der Waals surface area contributed by atoms with Gasteiger partial charge in [-0.2, -0.15) is 5.10 Å². The van der Waals surface area contributed by atoms with E-state index in [1.807, 2.05) is 6.92 Å². The van der Waals surface area contributed by atoms with Crippen molar-refractivity contribution in [2.75, 3.05) is 20.3 Å². The van der Waals surface area contributed by atoms with Crippen molar-refractivity contribution in [3.05, 3.63) is 70.1 Å².